The van der Waals surface area contributed by atoms with Gasteiger partial charge in [-0.3, -0.25) is 9.59 Å². The van der Waals surface area contributed by atoms with Crippen molar-refractivity contribution in [1.29, 1.82) is 0 Å². The fraction of sp³-hybridized carbons (Fsp3) is 0.367. The van der Waals surface area contributed by atoms with Crippen LogP contribution in [0.15, 0.2) is 73.8 Å². The van der Waals surface area contributed by atoms with Crippen molar-refractivity contribution in [1.82, 2.24) is 10.6 Å². The number of carboxylic acid groups (broad SMARTS) is 1. The largest absolute Gasteiger partial charge is 1.00 e. The molecule has 0 heterocycles. The van der Waals surface area contributed by atoms with Gasteiger partial charge in [0.05, 0.1) is 13.2 Å². The number of hydrogen-bond acceptors (Lipinski definition) is 6. The van der Waals surface area contributed by atoms with E-state index in [9.17, 15) is 19.5 Å². The van der Waals surface area contributed by atoms with Gasteiger partial charge in [-0.25, -0.2) is 0 Å². The van der Waals surface area contributed by atoms with Crippen LogP contribution in [0.25, 0.3) is 0 Å². The molecule has 8 nitrogen and oxygen atoms in total. The molecule has 0 aliphatic rings. The molecule has 2 N–H and O–H groups in total. The SMILES string of the molecule is C=CC(=O)NCCCCOc1ccc(C(CCC(=O)[O-])c2ccc(OCCCCNC(=O)C=C)cc2)cc1.[Na+]. The first-order valence-electron chi connectivity index (χ1n) is 12.9. The number of aliphatic carboxylic acids is 1. The van der Waals surface area contributed by atoms with Crippen LogP contribution in [0.1, 0.15) is 55.6 Å². The maximum Gasteiger partial charge on any atom is 1.00 e. The van der Waals surface area contributed by atoms with Gasteiger partial charge in [0.15, 0.2) is 0 Å². The van der Waals surface area contributed by atoms with E-state index in [4.69, 9.17) is 9.47 Å². The van der Waals surface area contributed by atoms with Crippen molar-refractivity contribution in [2.75, 3.05) is 26.3 Å². The molecule has 2 aromatic rings. The summed E-state index contributed by atoms with van der Waals surface area (Å²) in [4.78, 5) is 33.4. The normalized spacial score (nSPS) is 10.2. The van der Waals surface area contributed by atoms with Gasteiger partial charge in [-0.05, 0) is 86.1 Å². The molecule has 0 aromatic heterocycles. The molecule has 0 saturated heterocycles. The van der Waals surface area contributed by atoms with E-state index in [2.05, 4.69) is 23.8 Å². The van der Waals surface area contributed by atoms with E-state index in [1.807, 2.05) is 48.5 Å². The number of hydrogen-bond donors (Lipinski definition) is 2. The molecule has 0 fully saturated rings. The average Bonchev–Trinajstić information content (AvgIpc) is 2.93. The fourth-order valence-electron chi connectivity index (χ4n) is 3.78. The van der Waals surface area contributed by atoms with Gasteiger partial charge in [0.1, 0.15) is 11.5 Å². The minimum Gasteiger partial charge on any atom is -0.550 e. The maximum absolute atomic E-state index is 11.2. The summed E-state index contributed by atoms with van der Waals surface area (Å²) >= 11 is 0. The van der Waals surface area contributed by atoms with Crippen molar-refractivity contribution in [3.8, 4) is 11.5 Å². The second-order valence-electron chi connectivity index (χ2n) is 8.70. The Morgan fingerprint density at radius 3 is 1.51 bits per heavy atom. The predicted octanol–water partition coefficient (Wildman–Crippen LogP) is 0.275. The van der Waals surface area contributed by atoms with Gasteiger partial charge in [-0.15, -0.1) is 0 Å². The third-order valence-corrected chi connectivity index (χ3v) is 5.85. The van der Waals surface area contributed by atoms with Crippen LogP contribution in [0.5, 0.6) is 11.5 Å². The summed E-state index contributed by atoms with van der Waals surface area (Å²) in [5, 5.41) is 16.6. The van der Waals surface area contributed by atoms with E-state index in [1.54, 1.807) is 0 Å². The van der Waals surface area contributed by atoms with Gasteiger partial charge in [0.25, 0.3) is 0 Å². The molecule has 204 valence electrons. The fourth-order valence-corrected chi connectivity index (χ4v) is 3.78. The van der Waals surface area contributed by atoms with Crippen molar-refractivity contribution >= 4 is 17.8 Å². The molecule has 0 aliphatic carbocycles. The third kappa shape index (κ3) is 14.0. The van der Waals surface area contributed by atoms with Crippen molar-refractivity contribution in [3.05, 3.63) is 85.0 Å². The van der Waals surface area contributed by atoms with Crippen LogP contribution >= 0.6 is 0 Å². The molecule has 2 aromatic carbocycles. The predicted molar refractivity (Wildman–Crippen MR) is 145 cm³/mol. The number of nitrogens with one attached hydrogen (secondary N) is 2. The first kappa shape index (κ1) is 34.0. The van der Waals surface area contributed by atoms with Gasteiger partial charge in [-0.1, -0.05) is 37.4 Å². The van der Waals surface area contributed by atoms with E-state index in [0.29, 0.717) is 32.7 Å². The number of carbonyl (C=O) groups is 3. The standard InChI is InChI=1S/C30H38N2O6.Na/c1-3-28(33)31-19-5-7-21-37-25-13-9-23(10-14-25)27(17-18-30(35)36)24-11-15-26(16-12-24)38-22-8-6-20-32-29(34)4-2;/h3-4,9-16,27H,1-2,5-8,17-22H2,(H,31,33)(H,32,34)(H,35,36);/q;+1/p-1. The summed E-state index contributed by atoms with van der Waals surface area (Å²) in [5.74, 6) is -0.0910. The number of carbonyl (C=O) groups excluding carboxylic acids is 3. The Balaban J connectivity index is 0.00000760. The minimum atomic E-state index is -1.08. The summed E-state index contributed by atoms with van der Waals surface area (Å²) in [5.41, 5.74) is 1.97. The Morgan fingerprint density at radius 1 is 0.744 bits per heavy atom. The summed E-state index contributed by atoms with van der Waals surface area (Å²) in [6, 6.07) is 15.4. The van der Waals surface area contributed by atoms with Gasteiger partial charge >= 0.3 is 29.6 Å². The number of amides is 2. The first-order valence-corrected chi connectivity index (χ1v) is 12.9. The first-order chi connectivity index (χ1) is 18.4. The van der Waals surface area contributed by atoms with E-state index >= 15 is 0 Å². The number of ether oxygens (including phenoxy) is 2. The Bertz CT molecular complexity index is 965. The Kier molecular flexibility index (Phi) is 17.3. The van der Waals surface area contributed by atoms with Gasteiger partial charge < -0.3 is 30.0 Å². The second kappa shape index (κ2) is 19.9. The van der Waals surface area contributed by atoms with E-state index in [0.717, 1.165) is 48.3 Å². The summed E-state index contributed by atoms with van der Waals surface area (Å²) < 4.78 is 11.6. The molecular formula is C30H37N2NaO6. The van der Waals surface area contributed by atoms with Crippen LogP contribution in [0, 0.1) is 0 Å². The molecule has 39 heavy (non-hydrogen) atoms. The van der Waals surface area contributed by atoms with Crippen molar-refractivity contribution in [2.45, 2.75) is 44.4 Å². The molecule has 0 atom stereocenters. The van der Waals surface area contributed by atoms with Crippen LogP contribution < -0.4 is 54.8 Å². The number of benzene rings is 2. The second-order valence-corrected chi connectivity index (χ2v) is 8.70. The van der Waals surface area contributed by atoms with Gasteiger partial charge in [-0.2, -0.15) is 0 Å². The summed E-state index contributed by atoms with van der Waals surface area (Å²) in [6.07, 6.45) is 6.06. The van der Waals surface area contributed by atoms with Crippen LogP contribution in [-0.4, -0.2) is 44.1 Å². The number of carboxylic acids is 1. The Labute approximate surface area is 253 Å². The van der Waals surface area contributed by atoms with Crippen molar-refractivity contribution < 1.29 is 58.5 Å². The number of rotatable bonds is 19. The van der Waals surface area contributed by atoms with Crippen LogP contribution in [0.2, 0.25) is 0 Å². The van der Waals surface area contributed by atoms with Crippen LogP contribution in [0.3, 0.4) is 0 Å². The molecule has 2 amide bonds. The molecule has 2 rings (SSSR count). The molecule has 9 heteroatoms. The zero-order valence-electron chi connectivity index (χ0n) is 22.8. The van der Waals surface area contributed by atoms with E-state index in [-0.39, 0.29) is 53.7 Å². The molecule has 0 bridgehead atoms. The zero-order chi connectivity index (χ0) is 27.6. The van der Waals surface area contributed by atoms with Crippen LogP contribution in [-0.2, 0) is 14.4 Å². The summed E-state index contributed by atoms with van der Waals surface area (Å²) in [7, 11) is 0. The quantitative estimate of drug-likeness (QED) is 0.149. The van der Waals surface area contributed by atoms with Crippen molar-refractivity contribution in [2.24, 2.45) is 0 Å². The van der Waals surface area contributed by atoms with E-state index in [1.165, 1.54) is 12.2 Å². The van der Waals surface area contributed by atoms with Gasteiger partial charge in [0.2, 0.25) is 11.8 Å². The average molecular weight is 545 g/mol. The molecule has 0 aliphatic heterocycles. The van der Waals surface area contributed by atoms with E-state index < -0.39 is 5.97 Å². The Morgan fingerprint density at radius 2 is 1.15 bits per heavy atom. The molecular weight excluding hydrogens is 507 g/mol. The molecule has 0 unspecified atom stereocenters. The molecule has 0 saturated carbocycles. The van der Waals surface area contributed by atoms with Crippen molar-refractivity contribution in [3.63, 3.8) is 0 Å². The van der Waals surface area contributed by atoms with Crippen LogP contribution in [0.4, 0.5) is 0 Å². The number of unbranched alkanes of at least 4 members (excludes halogenated alkanes) is 2. The summed E-state index contributed by atoms with van der Waals surface area (Å²) in [6.45, 7) is 9.05. The molecule has 0 radical (unpaired) electrons. The van der Waals surface area contributed by atoms with Gasteiger partial charge in [0, 0.05) is 25.0 Å². The zero-order valence-corrected chi connectivity index (χ0v) is 24.8. The topological polar surface area (TPSA) is 117 Å². The minimum absolute atomic E-state index is 0. The maximum atomic E-state index is 11.2. The third-order valence-electron chi connectivity index (χ3n) is 5.85. The monoisotopic (exact) mass is 544 g/mol. The smallest absolute Gasteiger partial charge is 0.550 e. The Hall–Kier alpha value is -3.07. The molecule has 0 spiro atoms.